The zero-order chi connectivity index (χ0) is 17.0. The Morgan fingerprint density at radius 3 is 2.32 bits per heavy atom. The molecule has 2 fully saturated rings. The second kappa shape index (κ2) is 8.77. The third-order valence-corrected chi connectivity index (χ3v) is 5.73. The summed E-state index contributed by atoms with van der Waals surface area (Å²) in [5.41, 5.74) is 6.91. The first-order valence-electron chi connectivity index (χ1n) is 9.14. The smallest absolute Gasteiger partial charge is 0.223 e. The van der Waals surface area contributed by atoms with Gasteiger partial charge in [-0.25, -0.2) is 0 Å². The third-order valence-electron chi connectivity index (χ3n) is 5.73. The summed E-state index contributed by atoms with van der Waals surface area (Å²) in [6, 6.07) is 7.40. The largest absolute Gasteiger partial charge is 0.506 e. The van der Waals surface area contributed by atoms with Crippen molar-refractivity contribution in [3.8, 4) is 5.75 Å². The molecule has 1 heterocycles. The van der Waals surface area contributed by atoms with Crippen LogP contribution in [0.4, 0.5) is 5.69 Å². The molecule has 0 radical (unpaired) electrons. The van der Waals surface area contributed by atoms with E-state index in [4.69, 9.17) is 5.73 Å². The van der Waals surface area contributed by atoms with E-state index >= 15 is 0 Å². The molecule has 5 nitrogen and oxygen atoms in total. The molecular weight excluding hydrogens is 338 g/mol. The van der Waals surface area contributed by atoms with Gasteiger partial charge in [0.1, 0.15) is 5.75 Å². The topological polar surface area (TPSA) is 69.8 Å². The summed E-state index contributed by atoms with van der Waals surface area (Å²) in [7, 11) is 0. The number of nitrogens with two attached hydrogens (primary N) is 1. The number of carbonyl (C=O) groups excluding carboxylic acids is 1. The molecule has 1 saturated carbocycles. The second-order valence-corrected chi connectivity index (χ2v) is 7.30. The van der Waals surface area contributed by atoms with Gasteiger partial charge in [-0.05, 0) is 36.9 Å². The van der Waals surface area contributed by atoms with Gasteiger partial charge in [-0.1, -0.05) is 31.4 Å². The highest BCUT2D eigenvalue weighted by Crippen LogP contribution is 2.39. The number of phenolic OH excluding ortho intramolecular Hbond substituents is 1. The summed E-state index contributed by atoms with van der Waals surface area (Å²) in [4.78, 5) is 16.9. The fourth-order valence-corrected chi connectivity index (χ4v) is 4.12. The van der Waals surface area contributed by atoms with Gasteiger partial charge in [0.2, 0.25) is 5.91 Å². The molecule has 1 saturated heterocycles. The molecule has 140 valence electrons. The van der Waals surface area contributed by atoms with E-state index in [0.29, 0.717) is 31.8 Å². The molecule has 0 bridgehead atoms. The first kappa shape index (κ1) is 19.9. The lowest BCUT2D eigenvalue weighted by Crippen LogP contribution is -2.50. The zero-order valence-electron chi connectivity index (χ0n) is 14.8. The van der Waals surface area contributed by atoms with Crippen LogP contribution in [0.15, 0.2) is 24.3 Å². The van der Waals surface area contributed by atoms with Gasteiger partial charge in [-0.3, -0.25) is 4.79 Å². The fourth-order valence-electron chi connectivity index (χ4n) is 4.12. The molecule has 3 N–H and O–H groups in total. The molecular formula is C19H30ClN3O2. The van der Waals surface area contributed by atoms with E-state index in [2.05, 4.69) is 4.90 Å². The maximum Gasteiger partial charge on any atom is 0.223 e. The number of aromatic hydroxyl groups is 1. The van der Waals surface area contributed by atoms with E-state index in [1.165, 1.54) is 19.3 Å². The number of hydrogen-bond donors (Lipinski definition) is 2. The van der Waals surface area contributed by atoms with Crippen LogP contribution in [0.2, 0.25) is 0 Å². The molecule has 1 aromatic rings. The van der Waals surface area contributed by atoms with Gasteiger partial charge in [0.15, 0.2) is 0 Å². The molecule has 1 aliphatic heterocycles. The number of piperazine rings is 1. The number of amides is 1. The predicted molar refractivity (Wildman–Crippen MR) is 103 cm³/mol. The van der Waals surface area contributed by atoms with Crippen molar-refractivity contribution in [3.05, 3.63) is 24.3 Å². The lowest BCUT2D eigenvalue weighted by Gasteiger charge is -2.40. The van der Waals surface area contributed by atoms with Crippen molar-refractivity contribution in [2.45, 2.75) is 38.5 Å². The van der Waals surface area contributed by atoms with Crippen LogP contribution in [0.25, 0.3) is 0 Å². The van der Waals surface area contributed by atoms with Gasteiger partial charge >= 0.3 is 0 Å². The summed E-state index contributed by atoms with van der Waals surface area (Å²) in [5.74, 6) is 0.556. The minimum Gasteiger partial charge on any atom is -0.506 e. The summed E-state index contributed by atoms with van der Waals surface area (Å²) in [6.45, 7) is 3.58. The normalized spacial score (nSPS) is 20.0. The number of rotatable bonds is 4. The predicted octanol–water partition coefficient (Wildman–Crippen LogP) is 2.76. The molecule has 1 amide bonds. The van der Waals surface area contributed by atoms with Crippen LogP contribution in [-0.2, 0) is 4.79 Å². The minimum atomic E-state index is 0. The Kier molecular flexibility index (Phi) is 6.96. The Labute approximate surface area is 156 Å². The first-order valence-corrected chi connectivity index (χ1v) is 9.14. The Morgan fingerprint density at radius 2 is 1.72 bits per heavy atom. The van der Waals surface area contributed by atoms with E-state index in [0.717, 1.165) is 31.6 Å². The number of phenols is 1. The summed E-state index contributed by atoms with van der Waals surface area (Å²) < 4.78 is 0. The molecule has 2 aliphatic rings. The molecule has 1 aromatic carbocycles. The quantitative estimate of drug-likeness (QED) is 0.858. The second-order valence-electron chi connectivity index (χ2n) is 7.30. The van der Waals surface area contributed by atoms with Gasteiger partial charge in [-0.2, -0.15) is 0 Å². The molecule has 3 rings (SSSR count). The van der Waals surface area contributed by atoms with E-state index in [1.54, 1.807) is 6.07 Å². The molecule has 0 unspecified atom stereocenters. The number of anilines is 1. The van der Waals surface area contributed by atoms with Gasteiger partial charge in [0.05, 0.1) is 5.69 Å². The van der Waals surface area contributed by atoms with Crippen LogP contribution in [0.1, 0.15) is 38.5 Å². The maximum absolute atomic E-state index is 12.7. The first-order chi connectivity index (χ1) is 11.6. The van der Waals surface area contributed by atoms with E-state index in [-0.39, 0.29) is 23.7 Å². The molecule has 0 atom stereocenters. The molecule has 0 aromatic heterocycles. The van der Waals surface area contributed by atoms with Crippen LogP contribution in [0.5, 0.6) is 5.75 Å². The van der Waals surface area contributed by atoms with E-state index < -0.39 is 0 Å². The van der Waals surface area contributed by atoms with Crippen molar-refractivity contribution >= 4 is 24.0 Å². The highest BCUT2D eigenvalue weighted by molar-refractivity contribution is 5.85. The third kappa shape index (κ3) is 4.59. The van der Waals surface area contributed by atoms with Gasteiger partial charge in [0, 0.05) is 32.6 Å². The standard InChI is InChI=1S/C19H29N3O2.ClH/c20-15-19(8-4-1-5-9-19)14-18(24)22-12-10-21(11-13-22)16-6-2-3-7-17(16)23;/h2-3,6-7,23H,1,4-5,8-15,20H2;1H. The van der Waals surface area contributed by atoms with Crippen molar-refractivity contribution in [1.82, 2.24) is 4.90 Å². The van der Waals surface area contributed by atoms with Gasteiger partial charge in [0.25, 0.3) is 0 Å². The Hall–Kier alpha value is -1.46. The van der Waals surface area contributed by atoms with Crippen molar-refractivity contribution in [1.29, 1.82) is 0 Å². The zero-order valence-corrected chi connectivity index (χ0v) is 15.6. The average molecular weight is 368 g/mol. The highest BCUT2D eigenvalue weighted by Gasteiger charge is 2.35. The summed E-state index contributed by atoms with van der Waals surface area (Å²) in [5, 5.41) is 9.98. The molecule has 6 heteroatoms. The van der Waals surface area contributed by atoms with Gasteiger partial charge in [-0.15, -0.1) is 12.4 Å². The monoisotopic (exact) mass is 367 g/mol. The minimum absolute atomic E-state index is 0. The molecule has 0 spiro atoms. The van der Waals surface area contributed by atoms with Crippen molar-refractivity contribution < 1.29 is 9.90 Å². The fraction of sp³-hybridized carbons (Fsp3) is 0.632. The lowest BCUT2D eigenvalue weighted by molar-refractivity contribution is -0.134. The van der Waals surface area contributed by atoms with Crippen molar-refractivity contribution in [2.75, 3.05) is 37.6 Å². The average Bonchev–Trinajstić information content (AvgIpc) is 2.63. The van der Waals surface area contributed by atoms with Crippen molar-refractivity contribution in [2.24, 2.45) is 11.1 Å². The van der Waals surface area contributed by atoms with E-state index in [9.17, 15) is 9.90 Å². The number of halogens is 1. The summed E-state index contributed by atoms with van der Waals surface area (Å²) in [6.07, 6.45) is 6.45. The Bertz CT molecular complexity index is 568. The number of hydrogen-bond acceptors (Lipinski definition) is 4. The van der Waals surface area contributed by atoms with Gasteiger partial charge < -0.3 is 20.6 Å². The van der Waals surface area contributed by atoms with E-state index in [1.807, 2.05) is 23.1 Å². The number of carbonyl (C=O) groups is 1. The van der Waals surface area contributed by atoms with Crippen LogP contribution in [-0.4, -0.2) is 48.6 Å². The number of para-hydroxylation sites is 2. The van der Waals surface area contributed by atoms with Crippen LogP contribution in [0, 0.1) is 5.41 Å². The van der Waals surface area contributed by atoms with Crippen LogP contribution < -0.4 is 10.6 Å². The Balaban J connectivity index is 0.00000225. The lowest BCUT2D eigenvalue weighted by atomic mass is 9.71. The number of benzene rings is 1. The maximum atomic E-state index is 12.7. The highest BCUT2D eigenvalue weighted by atomic mass is 35.5. The molecule has 25 heavy (non-hydrogen) atoms. The SMILES string of the molecule is Cl.NCC1(CC(=O)N2CCN(c3ccccc3O)CC2)CCCCC1. The van der Waals surface area contributed by atoms with Crippen LogP contribution in [0.3, 0.4) is 0 Å². The number of nitrogens with zero attached hydrogens (tertiary/aromatic N) is 2. The summed E-state index contributed by atoms with van der Waals surface area (Å²) >= 11 is 0. The Morgan fingerprint density at radius 1 is 1.08 bits per heavy atom. The van der Waals surface area contributed by atoms with Crippen LogP contribution >= 0.6 is 12.4 Å². The molecule has 1 aliphatic carbocycles. The van der Waals surface area contributed by atoms with Crippen molar-refractivity contribution in [3.63, 3.8) is 0 Å².